The maximum absolute atomic E-state index is 5.03. The summed E-state index contributed by atoms with van der Waals surface area (Å²) in [6, 6.07) is 16.6. The first kappa shape index (κ1) is 15.8. The van der Waals surface area contributed by atoms with Gasteiger partial charge in [-0.1, -0.05) is 62.0 Å². The Morgan fingerprint density at radius 3 is 2.23 bits per heavy atom. The summed E-state index contributed by atoms with van der Waals surface area (Å²) in [7, 11) is 3.04. The van der Waals surface area contributed by atoms with E-state index in [-0.39, 0.29) is 6.08 Å². The summed E-state index contributed by atoms with van der Waals surface area (Å²) >= 11 is 0. The minimum atomic E-state index is 0.195. The lowest BCUT2D eigenvalue weighted by atomic mass is 9.97. The summed E-state index contributed by atoms with van der Waals surface area (Å²) < 4.78 is 10.1. The molecule has 0 saturated heterocycles. The number of ether oxygens (including phenoxy) is 2. The molecule has 3 heteroatoms. The molecule has 0 heterocycles. The van der Waals surface area contributed by atoms with Crippen molar-refractivity contribution in [1.82, 2.24) is 0 Å². The van der Waals surface area contributed by atoms with Crippen molar-refractivity contribution < 1.29 is 9.47 Å². The van der Waals surface area contributed by atoms with E-state index in [1.54, 1.807) is 0 Å². The van der Waals surface area contributed by atoms with Crippen molar-refractivity contribution in [2.75, 3.05) is 14.2 Å². The predicted molar refractivity (Wildman–Crippen MR) is 91.7 cm³/mol. The highest BCUT2D eigenvalue weighted by molar-refractivity contribution is 5.84. The van der Waals surface area contributed by atoms with Crippen molar-refractivity contribution in [3.63, 3.8) is 0 Å². The van der Waals surface area contributed by atoms with Gasteiger partial charge in [-0.3, -0.25) is 0 Å². The normalized spacial score (nSPS) is 9.95. The Morgan fingerprint density at radius 1 is 1.00 bits per heavy atom. The lowest BCUT2D eigenvalue weighted by Crippen LogP contribution is -2.03. The van der Waals surface area contributed by atoms with E-state index in [1.165, 1.54) is 19.8 Å². The molecule has 0 bridgehead atoms. The van der Waals surface area contributed by atoms with Crippen LogP contribution in [-0.2, 0) is 15.9 Å². The molecule has 0 fully saturated rings. The molecule has 0 amide bonds. The monoisotopic (exact) mass is 295 g/mol. The van der Waals surface area contributed by atoms with Crippen molar-refractivity contribution in [3.8, 4) is 11.1 Å². The minimum Gasteiger partial charge on any atom is -0.454 e. The molecule has 2 rings (SSSR count). The van der Waals surface area contributed by atoms with E-state index in [9.17, 15) is 0 Å². The van der Waals surface area contributed by atoms with E-state index >= 15 is 0 Å². The summed E-state index contributed by atoms with van der Waals surface area (Å²) in [4.78, 5) is 4.28. The Balaban J connectivity index is 2.41. The van der Waals surface area contributed by atoms with Gasteiger partial charge in [-0.15, -0.1) is 0 Å². The Bertz CT molecular complexity index is 666. The van der Waals surface area contributed by atoms with Crippen molar-refractivity contribution in [2.24, 2.45) is 4.99 Å². The average molecular weight is 295 g/mol. The zero-order valence-corrected chi connectivity index (χ0v) is 13.3. The van der Waals surface area contributed by atoms with Gasteiger partial charge in [0, 0.05) is 5.56 Å². The maximum atomic E-state index is 5.03. The molecule has 0 N–H and O–H groups in total. The quantitative estimate of drug-likeness (QED) is 0.612. The fourth-order valence-electron chi connectivity index (χ4n) is 2.25. The summed E-state index contributed by atoms with van der Waals surface area (Å²) in [5, 5.41) is 0. The molecule has 0 unspecified atom stereocenters. The summed E-state index contributed by atoms with van der Waals surface area (Å²) in [5.41, 5.74) is 5.11. The van der Waals surface area contributed by atoms with Gasteiger partial charge in [-0.25, -0.2) is 0 Å². The zero-order valence-electron chi connectivity index (χ0n) is 13.3. The van der Waals surface area contributed by atoms with E-state index in [2.05, 4.69) is 48.8 Å². The topological polar surface area (TPSA) is 30.8 Å². The number of nitrogens with zero attached hydrogens (tertiary/aromatic N) is 1. The van der Waals surface area contributed by atoms with Gasteiger partial charge in [0.05, 0.1) is 19.9 Å². The molecule has 2 aromatic carbocycles. The zero-order chi connectivity index (χ0) is 15.9. The van der Waals surface area contributed by atoms with Crippen LogP contribution in [0.25, 0.3) is 16.8 Å². The highest BCUT2D eigenvalue weighted by Crippen LogP contribution is 2.29. The first-order chi connectivity index (χ1) is 10.7. The van der Waals surface area contributed by atoms with Gasteiger partial charge in [0.15, 0.2) is 0 Å². The average Bonchev–Trinajstić information content (AvgIpc) is 2.59. The number of hydrogen-bond donors (Lipinski definition) is 0. The van der Waals surface area contributed by atoms with Crippen LogP contribution in [0.5, 0.6) is 0 Å². The van der Waals surface area contributed by atoms with Crippen LogP contribution in [0, 0.1) is 0 Å². The third-order valence-corrected chi connectivity index (χ3v) is 3.49. The molecule has 0 aliphatic rings. The van der Waals surface area contributed by atoms with Crippen molar-refractivity contribution in [1.29, 1.82) is 0 Å². The standard InChI is InChI=1S/C19H21NO2/c1-5-15-10-12-16(13-11-15)18-9-7-6-8-17(18)14(2)20-19(21-3)22-4/h6-13H,2,5H2,1,3-4H3. The van der Waals surface area contributed by atoms with E-state index in [0.717, 1.165) is 23.1 Å². The Morgan fingerprint density at radius 2 is 1.64 bits per heavy atom. The Labute approximate surface area is 131 Å². The SMILES string of the molecule is C=C(N=C(OC)OC)c1ccccc1-c1ccc(CC)cc1. The van der Waals surface area contributed by atoms with Crippen LogP contribution in [0.3, 0.4) is 0 Å². The molecule has 0 spiro atoms. The predicted octanol–water partition coefficient (Wildman–Crippen LogP) is 4.54. The fourth-order valence-corrected chi connectivity index (χ4v) is 2.25. The summed E-state index contributed by atoms with van der Waals surface area (Å²) in [5.74, 6) is 0. The first-order valence-corrected chi connectivity index (χ1v) is 7.23. The lowest BCUT2D eigenvalue weighted by Gasteiger charge is -2.11. The van der Waals surface area contributed by atoms with Crippen LogP contribution in [0.4, 0.5) is 0 Å². The molecule has 22 heavy (non-hydrogen) atoms. The van der Waals surface area contributed by atoms with Crippen LogP contribution in [0.1, 0.15) is 18.1 Å². The summed E-state index contributed by atoms with van der Waals surface area (Å²) in [6.07, 6.45) is 1.23. The molecule has 0 radical (unpaired) electrons. The van der Waals surface area contributed by atoms with Crippen molar-refractivity contribution in [2.45, 2.75) is 13.3 Å². The molecule has 0 saturated carbocycles. The molecule has 0 aliphatic heterocycles. The molecular weight excluding hydrogens is 274 g/mol. The number of hydrogen-bond acceptors (Lipinski definition) is 3. The molecule has 0 aliphatic carbocycles. The first-order valence-electron chi connectivity index (χ1n) is 7.23. The van der Waals surface area contributed by atoms with E-state index in [4.69, 9.17) is 9.47 Å². The Kier molecular flexibility index (Phi) is 5.37. The highest BCUT2D eigenvalue weighted by atomic mass is 16.7. The van der Waals surface area contributed by atoms with Gasteiger partial charge in [-0.05, 0) is 23.1 Å². The molecular formula is C19H21NO2. The number of methoxy groups -OCH3 is 2. The number of benzene rings is 2. The lowest BCUT2D eigenvalue weighted by molar-refractivity contribution is 0.243. The molecule has 0 atom stereocenters. The second-order valence-corrected chi connectivity index (χ2v) is 4.83. The largest absolute Gasteiger partial charge is 0.454 e. The van der Waals surface area contributed by atoms with Crippen LogP contribution >= 0.6 is 0 Å². The maximum Gasteiger partial charge on any atom is 0.388 e. The van der Waals surface area contributed by atoms with Crippen LogP contribution in [-0.4, -0.2) is 20.3 Å². The van der Waals surface area contributed by atoms with Crippen LogP contribution in [0.2, 0.25) is 0 Å². The van der Waals surface area contributed by atoms with Gasteiger partial charge < -0.3 is 9.47 Å². The van der Waals surface area contributed by atoms with Gasteiger partial charge >= 0.3 is 6.08 Å². The van der Waals surface area contributed by atoms with E-state index in [0.29, 0.717) is 5.70 Å². The van der Waals surface area contributed by atoms with E-state index < -0.39 is 0 Å². The molecule has 0 aromatic heterocycles. The number of rotatable bonds is 4. The van der Waals surface area contributed by atoms with Gasteiger partial charge in [0.2, 0.25) is 0 Å². The second kappa shape index (κ2) is 7.46. The number of aliphatic imine (C=N–C) groups is 1. The smallest absolute Gasteiger partial charge is 0.388 e. The fraction of sp³-hybridized carbons (Fsp3) is 0.211. The van der Waals surface area contributed by atoms with Gasteiger partial charge in [-0.2, -0.15) is 4.99 Å². The summed E-state index contributed by atoms with van der Waals surface area (Å²) in [6.45, 7) is 6.18. The third kappa shape index (κ3) is 3.55. The minimum absolute atomic E-state index is 0.195. The molecule has 3 nitrogen and oxygen atoms in total. The van der Waals surface area contributed by atoms with E-state index in [1.807, 2.05) is 18.2 Å². The van der Waals surface area contributed by atoms with Gasteiger partial charge in [0.25, 0.3) is 0 Å². The molecule has 114 valence electrons. The van der Waals surface area contributed by atoms with Crippen molar-refractivity contribution in [3.05, 3.63) is 66.2 Å². The van der Waals surface area contributed by atoms with Gasteiger partial charge in [0.1, 0.15) is 0 Å². The Hall–Kier alpha value is -2.55. The molecule has 2 aromatic rings. The third-order valence-electron chi connectivity index (χ3n) is 3.49. The highest BCUT2D eigenvalue weighted by Gasteiger charge is 2.09. The van der Waals surface area contributed by atoms with Crippen molar-refractivity contribution >= 4 is 11.8 Å². The number of aryl methyl sites for hydroxylation is 1. The van der Waals surface area contributed by atoms with Crippen LogP contribution in [0.15, 0.2) is 60.1 Å². The second-order valence-electron chi connectivity index (χ2n) is 4.83. The van der Waals surface area contributed by atoms with Crippen LogP contribution < -0.4 is 0 Å².